The Labute approximate surface area is 68.7 Å². The molecule has 1 aliphatic rings. The van der Waals surface area contributed by atoms with Crippen LogP contribution in [0.15, 0.2) is 0 Å². The van der Waals surface area contributed by atoms with Gasteiger partial charge in [0.05, 0.1) is 6.17 Å². The van der Waals surface area contributed by atoms with Crippen molar-refractivity contribution in [3.63, 3.8) is 0 Å². The highest BCUT2D eigenvalue weighted by atomic mass is 15.2. The molecule has 1 rings (SSSR count). The first kappa shape index (κ1) is 8.97. The molecule has 1 aliphatic heterocycles. The van der Waals surface area contributed by atoms with E-state index < -0.39 is 0 Å². The predicted molar refractivity (Wildman–Crippen MR) is 46.9 cm³/mol. The van der Waals surface area contributed by atoms with Gasteiger partial charge in [-0.3, -0.25) is 4.90 Å². The Bertz CT molecular complexity index is 127. The summed E-state index contributed by atoms with van der Waals surface area (Å²) in [6.45, 7) is 4.06. The first-order valence-electron chi connectivity index (χ1n) is 4.32. The number of hydrogen-bond acceptors (Lipinski definition) is 3. The van der Waals surface area contributed by atoms with Crippen molar-refractivity contribution in [3.8, 4) is 0 Å². The molecule has 0 spiro atoms. The van der Waals surface area contributed by atoms with Crippen LogP contribution in [-0.4, -0.2) is 31.2 Å². The second-order valence-electron chi connectivity index (χ2n) is 3.64. The maximum atomic E-state index is 5.97. The molecule has 0 aliphatic carbocycles. The van der Waals surface area contributed by atoms with Crippen LogP contribution in [0.3, 0.4) is 0 Å². The number of hydrogen-bond donors (Lipinski definition) is 2. The Morgan fingerprint density at radius 2 is 2.27 bits per heavy atom. The zero-order valence-electron chi connectivity index (χ0n) is 7.46. The minimum absolute atomic E-state index is 0.230. The van der Waals surface area contributed by atoms with Crippen molar-refractivity contribution in [2.75, 3.05) is 20.1 Å². The standard InChI is InChI=1S/C8H19N3/c1-6(5-9)7-3-4-11(2)8(7)10/h6-8H,3-5,9-10H2,1-2H3. The Kier molecular flexibility index (Phi) is 2.87. The molecule has 1 saturated heterocycles. The van der Waals surface area contributed by atoms with Gasteiger partial charge in [0.25, 0.3) is 0 Å². The lowest BCUT2D eigenvalue weighted by Gasteiger charge is -2.24. The van der Waals surface area contributed by atoms with E-state index in [4.69, 9.17) is 11.5 Å². The molecule has 3 nitrogen and oxygen atoms in total. The van der Waals surface area contributed by atoms with Gasteiger partial charge in [0, 0.05) is 0 Å². The van der Waals surface area contributed by atoms with E-state index >= 15 is 0 Å². The second kappa shape index (κ2) is 3.52. The van der Waals surface area contributed by atoms with Crippen molar-refractivity contribution in [1.82, 2.24) is 4.90 Å². The van der Waals surface area contributed by atoms with Gasteiger partial charge in [-0.15, -0.1) is 0 Å². The zero-order valence-corrected chi connectivity index (χ0v) is 7.46. The third kappa shape index (κ3) is 1.72. The van der Waals surface area contributed by atoms with Crippen LogP contribution in [0.1, 0.15) is 13.3 Å². The van der Waals surface area contributed by atoms with Crippen LogP contribution in [-0.2, 0) is 0 Å². The summed E-state index contributed by atoms with van der Waals surface area (Å²) in [7, 11) is 2.08. The van der Waals surface area contributed by atoms with Gasteiger partial charge in [-0.25, -0.2) is 0 Å². The summed E-state index contributed by atoms with van der Waals surface area (Å²) < 4.78 is 0. The van der Waals surface area contributed by atoms with Crippen LogP contribution < -0.4 is 11.5 Å². The fraction of sp³-hybridized carbons (Fsp3) is 1.00. The lowest BCUT2D eigenvalue weighted by Crippen LogP contribution is -2.41. The van der Waals surface area contributed by atoms with Gasteiger partial charge in [-0.05, 0) is 38.4 Å². The van der Waals surface area contributed by atoms with Crippen LogP contribution in [0.4, 0.5) is 0 Å². The molecule has 3 unspecified atom stereocenters. The van der Waals surface area contributed by atoms with Gasteiger partial charge in [0.15, 0.2) is 0 Å². The molecular formula is C8H19N3. The molecule has 0 bridgehead atoms. The van der Waals surface area contributed by atoms with Crippen LogP contribution in [0.5, 0.6) is 0 Å². The van der Waals surface area contributed by atoms with Crippen LogP contribution in [0, 0.1) is 11.8 Å². The smallest absolute Gasteiger partial charge is 0.0601 e. The van der Waals surface area contributed by atoms with Crippen molar-refractivity contribution in [2.24, 2.45) is 23.3 Å². The monoisotopic (exact) mass is 157 g/mol. The predicted octanol–water partition coefficient (Wildman–Crippen LogP) is -0.182. The van der Waals surface area contributed by atoms with E-state index in [1.54, 1.807) is 0 Å². The summed E-state index contributed by atoms with van der Waals surface area (Å²) in [4.78, 5) is 2.21. The van der Waals surface area contributed by atoms with Crippen molar-refractivity contribution in [2.45, 2.75) is 19.5 Å². The Morgan fingerprint density at radius 1 is 1.64 bits per heavy atom. The largest absolute Gasteiger partial charge is 0.330 e. The van der Waals surface area contributed by atoms with Gasteiger partial charge < -0.3 is 11.5 Å². The third-order valence-electron chi connectivity index (χ3n) is 2.87. The van der Waals surface area contributed by atoms with E-state index in [9.17, 15) is 0 Å². The summed E-state index contributed by atoms with van der Waals surface area (Å²) in [6, 6.07) is 0. The first-order chi connectivity index (χ1) is 5.16. The molecule has 1 heterocycles. The highest BCUT2D eigenvalue weighted by molar-refractivity contribution is 4.84. The maximum Gasteiger partial charge on any atom is 0.0601 e. The highest BCUT2D eigenvalue weighted by Gasteiger charge is 2.31. The maximum absolute atomic E-state index is 5.97. The van der Waals surface area contributed by atoms with E-state index in [0.717, 1.165) is 13.1 Å². The molecule has 0 radical (unpaired) electrons. The molecule has 0 aromatic carbocycles. The quantitative estimate of drug-likeness (QED) is 0.584. The summed E-state index contributed by atoms with van der Waals surface area (Å²) in [6.07, 6.45) is 1.43. The fourth-order valence-electron chi connectivity index (χ4n) is 1.80. The number of nitrogens with zero attached hydrogens (tertiary/aromatic N) is 1. The summed E-state index contributed by atoms with van der Waals surface area (Å²) >= 11 is 0. The molecule has 0 amide bonds. The van der Waals surface area contributed by atoms with E-state index in [-0.39, 0.29) is 6.17 Å². The molecule has 0 saturated carbocycles. The fourth-order valence-corrected chi connectivity index (χ4v) is 1.80. The Hall–Kier alpha value is -0.120. The van der Waals surface area contributed by atoms with Gasteiger partial charge in [0.2, 0.25) is 0 Å². The highest BCUT2D eigenvalue weighted by Crippen LogP contribution is 2.25. The minimum atomic E-state index is 0.230. The summed E-state index contributed by atoms with van der Waals surface area (Å²) in [5.41, 5.74) is 11.6. The molecule has 3 heteroatoms. The van der Waals surface area contributed by atoms with Gasteiger partial charge in [-0.1, -0.05) is 6.92 Å². The van der Waals surface area contributed by atoms with Gasteiger partial charge >= 0.3 is 0 Å². The average Bonchev–Trinajstić information content (AvgIpc) is 2.32. The van der Waals surface area contributed by atoms with Crippen LogP contribution in [0.25, 0.3) is 0 Å². The first-order valence-corrected chi connectivity index (χ1v) is 4.32. The second-order valence-corrected chi connectivity index (χ2v) is 3.64. The zero-order chi connectivity index (χ0) is 8.43. The van der Waals surface area contributed by atoms with E-state index in [2.05, 4.69) is 18.9 Å². The van der Waals surface area contributed by atoms with Crippen LogP contribution >= 0.6 is 0 Å². The molecule has 4 N–H and O–H groups in total. The SMILES string of the molecule is CC(CN)C1CCN(C)C1N. The molecule has 66 valence electrons. The average molecular weight is 157 g/mol. The molecule has 0 aromatic rings. The lowest BCUT2D eigenvalue weighted by atomic mass is 9.91. The van der Waals surface area contributed by atoms with E-state index in [1.165, 1.54) is 6.42 Å². The molecule has 1 fully saturated rings. The van der Waals surface area contributed by atoms with Crippen LogP contribution in [0.2, 0.25) is 0 Å². The minimum Gasteiger partial charge on any atom is -0.330 e. The van der Waals surface area contributed by atoms with Crippen molar-refractivity contribution in [3.05, 3.63) is 0 Å². The summed E-state index contributed by atoms with van der Waals surface area (Å²) in [5.74, 6) is 1.17. The van der Waals surface area contributed by atoms with Crippen molar-refractivity contribution >= 4 is 0 Å². The van der Waals surface area contributed by atoms with E-state index in [0.29, 0.717) is 11.8 Å². The van der Waals surface area contributed by atoms with Gasteiger partial charge in [-0.2, -0.15) is 0 Å². The number of likely N-dealkylation sites (tertiary alicyclic amines) is 1. The lowest BCUT2D eigenvalue weighted by molar-refractivity contribution is 0.238. The normalized spacial score (nSPS) is 36.0. The Morgan fingerprint density at radius 3 is 2.64 bits per heavy atom. The summed E-state index contributed by atoms with van der Waals surface area (Å²) in [5, 5.41) is 0. The van der Waals surface area contributed by atoms with E-state index in [1.807, 2.05) is 0 Å². The molecule has 0 aromatic heterocycles. The molecular weight excluding hydrogens is 138 g/mol. The number of rotatable bonds is 2. The van der Waals surface area contributed by atoms with Crippen molar-refractivity contribution in [1.29, 1.82) is 0 Å². The topological polar surface area (TPSA) is 55.3 Å². The Balaban J connectivity index is 2.47. The third-order valence-corrected chi connectivity index (χ3v) is 2.87. The number of nitrogens with two attached hydrogens (primary N) is 2. The van der Waals surface area contributed by atoms with Gasteiger partial charge in [0.1, 0.15) is 0 Å². The molecule has 11 heavy (non-hydrogen) atoms. The molecule has 3 atom stereocenters. The van der Waals surface area contributed by atoms with Crippen molar-refractivity contribution < 1.29 is 0 Å².